The smallest absolute Gasteiger partial charge is 0.291 e. The highest BCUT2D eigenvalue weighted by Crippen LogP contribution is 2.44. The number of piperidine rings is 1. The Kier molecular flexibility index (Phi) is 4.58. The first-order valence-electron chi connectivity index (χ1n) is 7.86. The molecule has 0 aromatic carbocycles. The zero-order valence-electron chi connectivity index (χ0n) is 13.9. The third-order valence-corrected chi connectivity index (χ3v) is 6.26. The first-order valence-corrected chi connectivity index (χ1v) is 9.71. The van der Waals surface area contributed by atoms with E-state index >= 15 is 0 Å². The van der Waals surface area contributed by atoms with Gasteiger partial charge in [-0.1, -0.05) is 0 Å². The average molecular weight is 354 g/mol. The lowest BCUT2D eigenvalue weighted by Gasteiger charge is -2.42. The predicted octanol–water partition coefficient (Wildman–Crippen LogP) is -0.153. The summed E-state index contributed by atoms with van der Waals surface area (Å²) in [5.41, 5.74) is -0.230. The van der Waals surface area contributed by atoms with E-state index < -0.39 is 10.0 Å². The van der Waals surface area contributed by atoms with Crippen molar-refractivity contribution in [3.8, 4) is 0 Å². The monoisotopic (exact) mass is 354 g/mol. The highest BCUT2D eigenvalue weighted by Gasteiger charge is 2.52. The molecule has 1 amide bonds. The Hall–Kier alpha value is -1.58. The summed E-state index contributed by atoms with van der Waals surface area (Å²) >= 11 is 0. The van der Waals surface area contributed by atoms with Crippen LogP contribution in [0.3, 0.4) is 0 Å². The molecule has 132 valence electrons. The molecule has 3 heterocycles. The molecule has 2 aliphatic rings. The largest absolute Gasteiger partial charge is 0.384 e. The standard InChI is InChI=1S/C15H22N4O4S/c1-23-11-15-4-7-18(14(20)13-16-5-3-6-17-13)8-12(15)9-19(10-15)24(2,21)22/h3,5-6,12H,4,7-11H2,1-2H3/t12-,15+/m1/s1. The number of carbonyl (C=O) groups excluding carboxylic acids is 1. The minimum atomic E-state index is -3.26. The van der Waals surface area contributed by atoms with E-state index in [1.165, 1.54) is 10.6 Å². The Labute approximate surface area is 141 Å². The number of rotatable bonds is 4. The number of sulfonamides is 1. The van der Waals surface area contributed by atoms with E-state index in [1.807, 2.05) is 0 Å². The number of nitrogens with zero attached hydrogens (tertiary/aromatic N) is 4. The number of carbonyl (C=O) groups is 1. The molecule has 0 radical (unpaired) electrons. The van der Waals surface area contributed by atoms with Crippen LogP contribution < -0.4 is 0 Å². The van der Waals surface area contributed by atoms with Crippen LogP contribution in [0.5, 0.6) is 0 Å². The zero-order chi connectivity index (χ0) is 17.4. The number of ether oxygens (including phenoxy) is 1. The molecule has 1 aromatic heterocycles. The molecule has 8 nitrogen and oxygen atoms in total. The highest BCUT2D eigenvalue weighted by molar-refractivity contribution is 7.88. The van der Waals surface area contributed by atoms with Gasteiger partial charge in [-0.05, 0) is 18.4 Å². The molecular formula is C15H22N4O4S. The van der Waals surface area contributed by atoms with E-state index in [4.69, 9.17) is 4.74 Å². The summed E-state index contributed by atoms with van der Waals surface area (Å²) in [7, 11) is -1.63. The SMILES string of the molecule is COC[C@@]12CCN(C(=O)c3ncccn3)C[C@@H]1CN(S(C)(=O)=O)C2. The summed E-state index contributed by atoms with van der Waals surface area (Å²) in [5.74, 6) is 0.0164. The summed E-state index contributed by atoms with van der Waals surface area (Å²) < 4.78 is 30.8. The lowest BCUT2D eigenvalue weighted by molar-refractivity contribution is 0.00301. The molecule has 1 aromatic rings. The van der Waals surface area contributed by atoms with Gasteiger partial charge in [0.1, 0.15) is 0 Å². The van der Waals surface area contributed by atoms with E-state index in [2.05, 4.69) is 9.97 Å². The molecule has 9 heteroatoms. The zero-order valence-corrected chi connectivity index (χ0v) is 14.7. The molecule has 2 aliphatic heterocycles. The third kappa shape index (κ3) is 3.15. The quantitative estimate of drug-likeness (QED) is 0.746. The number of likely N-dealkylation sites (tertiary alicyclic amines) is 1. The van der Waals surface area contributed by atoms with Crippen molar-refractivity contribution in [3.05, 3.63) is 24.3 Å². The maximum absolute atomic E-state index is 12.6. The molecule has 24 heavy (non-hydrogen) atoms. The lowest BCUT2D eigenvalue weighted by Crippen LogP contribution is -2.51. The van der Waals surface area contributed by atoms with Gasteiger partial charge in [0.25, 0.3) is 5.91 Å². The maximum atomic E-state index is 12.6. The normalized spacial score (nSPS) is 27.9. The van der Waals surface area contributed by atoms with E-state index in [-0.39, 0.29) is 23.1 Å². The topological polar surface area (TPSA) is 92.7 Å². The van der Waals surface area contributed by atoms with Crippen molar-refractivity contribution in [2.45, 2.75) is 6.42 Å². The van der Waals surface area contributed by atoms with Gasteiger partial charge < -0.3 is 9.64 Å². The van der Waals surface area contributed by atoms with Crippen LogP contribution in [0.25, 0.3) is 0 Å². The van der Waals surface area contributed by atoms with Gasteiger partial charge in [0.2, 0.25) is 15.8 Å². The minimum absolute atomic E-state index is 0.0496. The highest BCUT2D eigenvalue weighted by atomic mass is 32.2. The number of hydrogen-bond acceptors (Lipinski definition) is 6. The Morgan fingerprint density at radius 1 is 1.38 bits per heavy atom. The van der Waals surface area contributed by atoms with Crippen LogP contribution in [-0.4, -0.2) is 79.6 Å². The second kappa shape index (κ2) is 6.38. The molecule has 2 atom stereocenters. The molecule has 2 fully saturated rings. The molecule has 0 saturated carbocycles. The maximum Gasteiger partial charge on any atom is 0.291 e. The Balaban J connectivity index is 1.80. The first kappa shape index (κ1) is 17.2. The number of methoxy groups -OCH3 is 1. The van der Waals surface area contributed by atoms with Crippen LogP contribution in [-0.2, 0) is 14.8 Å². The van der Waals surface area contributed by atoms with Crippen molar-refractivity contribution in [2.24, 2.45) is 11.3 Å². The van der Waals surface area contributed by atoms with Crippen LogP contribution in [0, 0.1) is 11.3 Å². The fraction of sp³-hybridized carbons (Fsp3) is 0.667. The number of aromatic nitrogens is 2. The van der Waals surface area contributed by atoms with E-state index in [0.717, 1.165) is 0 Å². The minimum Gasteiger partial charge on any atom is -0.384 e. The molecule has 3 rings (SSSR count). The van der Waals surface area contributed by atoms with Crippen LogP contribution >= 0.6 is 0 Å². The summed E-state index contributed by atoms with van der Waals surface area (Å²) in [5, 5.41) is 0. The molecule has 0 unspecified atom stereocenters. The van der Waals surface area contributed by atoms with Crippen LogP contribution in [0.2, 0.25) is 0 Å². The van der Waals surface area contributed by atoms with E-state index in [0.29, 0.717) is 39.2 Å². The lowest BCUT2D eigenvalue weighted by atomic mass is 9.73. The van der Waals surface area contributed by atoms with Crippen molar-refractivity contribution in [1.29, 1.82) is 0 Å². The average Bonchev–Trinajstić information content (AvgIpc) is 2.94. The van der Waals surface area contributed by atoms with E-state index in [1.54, 1.807) is 30.5 Å². The van der Waals surface area contributed by atoms with Gasteiger partial charge in [-0.2, -0.15) is 0 Å². The first-order chi connectivity index (χ1) is 11.4. The summed E-state index contributed by atoms with van der Waals surface area (Å²) in [6.45, 7) is 2.41. The van der Waals surface area contributed by atoms with Gasteiger partial charge in [-0.15, -0.1) is 0 Å². The molecule has 2 saturated heterocycles. The second-order valence-electron chi connectivity index (χ2n) is 6.62. The van der Waals surface area contributed by atoms with Gasteiger partial charge in [0.15, 0.2) is 0 Å². The summed E-state index contributed by atoms with van der Waals surface area (Å²) in [6, 6.07) is 1.66. The third-order valence-electron chi connectivity index (χ3n) is 5.05. The van der Waals surface area contributed by atoms with Crippen LogP contribution in [0.4, 0.5) is 0 Å². The molecular weight excluding hydrogens is 332 g/mol. The Bertz CT molecular complexity index is 711. The van der Waals surface area contributed by atoms with Crippen molar-refractivity contribution < 1.29 is 17.9 Å². The fourth-order valence-electron chi connectivity index (χ4n) is 3.75. The summed E-state index contributed by atoms with van der Waals surface area (Å²) in [6.07, 6.45) is 5.02. The van der Waals surface area contributed by atoms with Crippen molar-refractivity contribution in [1.82, 2.24) is 19.2 Å². The molecule has 0 N–H and O–H groups in total. The van der Waals surface area contributed by atoms with Gasteiger partial charge in [-0.3, -0.25) is 4.79 Å². The van der Waals surface area contributed by atoms with Crippen molar-refractivity contribution >= 4 is 15.9 Å². The number of amides is 1. The Morgan fingerprint density at radius 2 is 2.08 bits per heavy atom. The molecule has 0 aliphatic carbocycles. The van der Waals surface area contributed by atoms with Crippen LogP contribution in [0.1, 0.15) is 17.0 Å². The predicted molar refractivity (Wildman–Crippen MR) is 86.8 cm³/mol. The van der Waals surface area contributed by atoms with Gasteiger partial charge in [0.05, 0.1) is 12.9 Å². The molecule has 0 spiro atoms. The number of fused-ring (bicyclic) bond motifs is 1. The summed E-state index contributed by atoms with van der Waals surface area (Å²) in [4.78, 5) is 22.3. The molecule has 0 bridgehead atoms. The van der Waals surface area contributed by atoms with Gasteiger partial charge in [-0.25, -0.2) is 22.7 Å². The number of hydrogen-bond donors (Lipinski definition) is 0. The van der Waals surface area contributed by atoms with Crippen molar-refractivity contribution in [3.63, 3.8) is 0 Å². The fourth-order valence-corrected chi connectivity index (χ4v) is 4.69. The van der Waals surface area contributed by atoms with Crippen LogP contribution in [0.15, 0.2) is 18.5 Å². The van der Waals surface area contributed by atoms with Gasteiger partial charge >= 0.3 is 0 Å². The Morgan fingerprint density at radius 3 is 2.71 bits per heavy atom. The van der Waals surface area contributed by atoms with Gasteiger partial charge in [0, 0.05) is 51.1 Å². The van der Waals surface area contributed by atoms with Crippen molar-refractivity contribution in [2.75, 3.05) is 46.2 Å². The van der Waals surface area contributed by atoms with E-state index in [9.17, 15) is 13.2 Å². The second-order valence-corrected chi connectivity index (χ2v) is 8.60.